The Hall–Kier alpha value is -2.38. The number of benzene rings is 1. The van der Waals surface area contributed by atoms with Gasteiger partial charge in [0.05, 0.1) is 18.8 Å². The first-order valence-corrected chi connectivity index (χ1v) is 9.98. The Morgan fingerprint density at radius 1 is 1.25 bits per heavy atom. The predicted molar refractivity (Wildman–Crippen MR) is 106 cm³/mol. The van der Waals surface area contributed by atoms with Crippen LogP contribution in [0.25, 0.3) is 11.5 Å². The smallest absolute Gasteiger partial charge is 0.237 e. The highest BCUT2D eigenvalue weighted by atomic mass is 16.5. The van der Waals surface area contributed by atoms with Crippen molar-refractivity contribution in [3.05, 3.63) is 36.2 Å². The van der Waals surface area contributed by atoms with Crippen molar-refractivity contribution in [2.45, 2.75) is 38.4 Å². The van der Waals surface area contributed by atoms with Gasteiger partial charge in [0.25, 0.3) is 0 Å². The predicted octanol–water partition coefficient (Wildman–Crippen LogP) is 2.13. The van der Waals surface area contributed by atoms with E-state index in [1.54, 1.807) is 13.4 Å². The molecule has 1 N–H and O–H groups in total. The first kappa shape index (κ1) is 19.0. The number of amides is 1. The average Bonchev–Trinajstić information content (AvgIpc) is 3.43. The molecule has 28 heavy (non-hydrogen) atoms. The van der Waals surface area contributed by atoms with Crippen LogP contribution in [0.2, 0.25) is 0 Å². The van der Waals surface area contributed by atoms with E-state index in [9.17, 15) is 4.79 Å². The SMILES string of the molecule is COc1ccc(-c2nc(CN3CCN(C(C)C(=O)NC4CC4)CC3)co2)cc1. The molecule has 0 radical (unpaired) electrons. The van der Waals surface area contributed by atoms with Crippen LogP contribution < -0.4 is 10.1 Å². The molecule has 7 heteroatoms. The maximum atomic E-state index is 12.2. The monoisotopic (exact) mass is 384 g/mol. The molecule has 1 unspecified atom stereocenters. The number of rotatable bonds is 7. The Balaban J connectivity index is 1.27. The zero-order valence-electron chi connectivity index (χ0n) is 16.6. The minimum absolute atomic E-state index is 0.0588. The summed E-state index contributed by atoms with van der Waals surface area (Å²) in [6.07, 6.45) is 3.99. The molecule has 1 amide bonds. The lowest BCUT2D eigenvalue weighted by Gasteiger charge is -2.37. The van der Waals surface area contributed by atoms with Gasteiger partial charge in [0.15, 0.2) is 0 Å². The minimum Gasteiger partial charge on any atom is -0.497 e. The molecule has 2 aliphatic rings. The molecule has 150 valence electrons. The van der Waals surface area contributed by atoms with Crippen molar-refractivity contribution in [1.29, 1.82) is 0 Å². The fourth-order valence-electron chi connectivity index (χ4n) is 3.50. The third-order valence-electron chi connectivity index (χ3n) is 5.53. The van der Waals surface area contributed by atoms with Crippen LogP contribution in [0.5, 0.6) is 5.75 Å². The van der Waals surface area contributed by atoms with Gasteiger partial charge in [-0.2, -0.15) is 0 Å². The van der Waals surface area contributed by atoms with Gasteiger partial charge in [-0.1, -0.05) is 0 Å². The van der Waals surface area contributed by atoms with Crippen molar-refractivity contribution in [1.82, 2.24) is 20.1 Å². The number of carbonyl (C=O) groups excluding carboxylic acids is 1. The number of carbonyl (C=O) groups is 1. The van der Waals surface area contributed by atoms with E-state index in [4.69, 9.17) is 9.15 Å². The van der Waals surface area contributed by atoms with Crippen LogP contribution >= 0.6 is 0 Å². The molecule has 1 saturated heterocycles. The van der Waals surface area contributed by atoms with Gasteiger partial charge in [0.1, 0.15) is 12.0 Å². The molecular weight excluding hydrogens is 356 g/mol. The molecule has 0 spiro atoms. The van der Waals surface area contributed by atoms with Crippen LogP contribution in [-0.2, 0) is 11.3 Å². The summed E-state index contributed by atoms with van der Waals surface area (Å²) in [5.41, 5.74) is 1.87. The van der Waals surface area contributed by atoms with E-state index in [1.165, 1.54) is 0 Å². The number of nitrogens with one attached hydrogen (secondary N) is 1. The minimum atomic E-state index is -0.0588. The molecule has 1 aromatic heterocycles. The number of aromatic nitrogens is 1. The van der Waals surface area contributed by atoms with Crippen LogP contribution in [0.15, 0.2) is 34.9 Å². The molecule has 1 aliphatic heterocycles. The molecule has 0 bridgehead atoms. The Morgan fingerprint density at radius 3 is 2.61 bits per heavy atom. The maximum absolute atomic E-state index is 12.2. The Morgan fingerprint density at radius 2 is 1.96 bits per heavy atom. The molecule has 2 heterocycles. The summed E-state index contributed by atoms with van der Waals surface area (Å²) in [4.78, 5) is 21.5. The Labute approximate surface area is 165 Å². The molecule has 4 rings (SSSR count). The molecule has 2 aromatic rings. The highest BCUT2D eigenvalue weighted by Gasteiger charge is 2.30. The summed E-state index contributed by atoms with van der Waals surface area (Å²) in [7, 11) is 1.65. The van der Waals surface area contributed by atoms with E-state index in [0.717, 1.165) is 62.6 Å². The lowest BCUT2D eigenvalue weighted by molar-refractivity contribution is -0.126. The van der Waals surface area contributed by atoms with Crippen LogP contribution in [0.1, 0.15) is 25.5 Å². The van der Waals surface area contributed by atoms with Crippen LogP contribution in [0.3, 0.4) is 0 Å². The molecule has 7 nitrogen and oxygen atoms in total. The third-order valence-corrected chi connectivity index (χ3v) is 5.53. The fraction of sp³-hybridized carbons (Fsp3) is 0.524. The van der Waals surface area contributed by atoms with Gasteiger partial charge >= 0.3 is 0 Å². The second-order valence-electron chi connectivity index (χ2n) is 7.64. The van der Waals surface area contributed by atoms with E-state index < -0.39 is 0 Å². The molecule has 1 saturated carbocycles. The number of methoxy groups -OCH3 is 1. The number of nitrogens with zero attached hydrogens (tertiary/aromatic N) is 3. The average molecular weight is 384 g/mol. The summed E-state index contributed by atoms with van der Waals surface area (Å²) in [6, 6.07) is 8.06. The number of hydrogen-bond acceptors (Lipinski definition) is 6. The van der Waals surface area contributed by atoms with Gasteiger partial charge in [-0.05, 0) is 44.0 Å². The fourth-order valence-corrected chi connectivity index (χ4v) is 3.50. The van der Waals surface area contributed by atoms with Gasteiger partial charge in [0.2, 0.25) is 11.8 Å². The largest absolute Gasteiger partial charge is 0.497 e. The highest BCUT2D eigenvalue weighted by molar-refractivity contribution is 5.81. The normalized spacial score (nSPS) is 19.4. The number of piperazine rings is 1. The first-order valence-electron chi connectivity index (χ1n) is 9.98. The van der Waals surface area contributed by atoms with Gasteiger partial charge in [0, 0.05) is 44.3 Å². The Kier molecular flexibility index (Phi) is 5.64. The zero-order chi connectivity index (χ0) is 19.5. The van der Waals surface area contributed by atoms with E-state index in [0.29, 0.717) is 11.9 Å². The quantitative estimate of drug-likeness (QED) is 0.789. The van der Waals surface area contributed by atoms with Gasteiger partial charge in [-0.25, -0.2) is 4.98 Å². The number of hydrogen-bond donors (Lipinski definition) is 1. The summed E-state index contributed by atoms with van der Waals surface area (Å²) in [6.45, 7) is 6.39. The number of oxazole rings is 1. The van der Waals surface area contributed by atoms with Crippen molar-refractivity contribution in [3.63, 3.8) is 0 Å². The number of ether oxygens (including phenoxy) is 1. The third kappa shape index (κ3) is 4.54. The van der Waals surface area contributed by atoms with E-state index in [2.05, 4.69) is 20.1 Å². The summed E-state index contributed by atoms with van der Waals surface area (Å²) >= 11 is 0. The maximum Gasteiger partial charge on any atom is 0.237 e. The zero-order valence-corrected chi connectivity index (χ0v) is 16.6. The van der Waals surface area contributed by atoms with Crippen molar-refractivity contribution in [2.75, 3.05) is 33.3 Å². The van der Waals surface area contributed by atoms with E-state index in [-0.39, 0.29) is 11.9 Å². The van der Waals surface area contributed by atoms with Crippen LogP contribution in [0.4, 0.5) is 0 Å². The van der Waals surface area contributed by atoms with Gasteiger partial charge < -0.3 is 14.5 Å². The van der Waals surface area contributed by atoms with Gasteiger partial charge in [-0.15, -0.1) is 0 Å². The highest BCUT2D eigenvalue weighted by Crippen LogP contribution is 2.23. The van der Waals surface area contributed by atoms with Crippen LogP contribution in [-0.4, -0.2) is 66.1 Å². The van der Waals surface area contributed by atoms with Crippen molar-refractivity contribution in [3.8, 4) is 17.2 Å². The standard InChI is InChI=1S/C21H28N4O3/c1-15(20(26)22-17-5-6-17)25-11-9-24(10-12-25)13-18-14-28-21(23-18)16-3-7-19(27-2)8-4-16/h3-4,7-8,14-15,17H,5-6,9-13H2,1-2H3,(H,22,26). The molecule has 1 atom stereocenters. The summed E-state index contributed by atoms with van der Waals surface area (Å²) in [5.74, 6) is 1.60. The van der Waals surface area contributed by atoms with E-state index >= 15 is 0 Å². The van der Waals surface area contributed by atoms with Crippen molar-refractivity contribution < 1.29 is 13.9 Å². The molecule has 1 aromatic carbocycles. The second-order valence-corrected chi connectivity index (χ2v) is 7.64. The van der Waals surface area contributed by atoms with Crippen molar-refractivity contribution >= 4 is 5.91 Å². The molecular formula is C21H28N4O3. The van der Waals surface area contributed by atoms with Crippen LogP contribution in [0, 0.1) is 0 Å². The lowest BCUT2D eigenvalue weighted by atomic mass is 10.2. The van der Waals surface area contributed by atoms with Crippen molar-refractivity contribution in [2.24, 2.45) is 0 Å². The lowest BCUT2D eigenvalue weighted by Crippen LogP contribution is -2.53. The molecule has 1 aliphatic carbocycles. The second kappa shape index (κ2) is 8.32. The van der Waals surface area contributed by atoms with Gasteiger partial charge in [-0.3, -0.25) is 14.6 Å². The Bertz CT molecular complexity index is 792. The molecule has 2 fully saturated rings. The van der Waals surface area contributed by atoms with E-state index in [1.807, 2.05) is 31.2 Å². The summed E-state index contributed by atoms with van der Waals surface area (Å²) < 4.78 is 10.8. The summed E-state index contributed by atoms with van der Waals surface area (Å²) in [5, 5.41) is 3.10. The first-order chi connectivity index (χ1) is 13.6. The topological polar surface area (TPSA) is 70.8 Å².